The zero-order valence-corrected chi connectivity index (χ0v) is 12.2. The van der Waals surface area contributed by atoms with Gasteiger partial charge in [0.2, 0.25) is 0 Å². The molecule has 108 valence electrons. The van der Waals surface area contributed by atoms with E-state index in [1.165, 1.54) is 17.7 Å². The summed E-state index contributed by atoms with van der Waals surface area (Å²) < 4.78 is 4.30. The van der Waals surface area contributed by atoms with Crippen LogP contribution >= 0.6 is 0 Å². The van der Waals surface area contributed by atoms with E-state index < -0.39 is 0 Å². The van der Waals surface area contributed by atoms with Gasteiger partial charge < -0.3 is 5.32 Å². The summed E-state index contributed by atoms with van der Waals surface area (Å²) in [7, 11) is 4.99. The van der Waals surface area contributed by atoms with Crippen molar-refractivity contribution in [2.45, 2.75) is 19.9 Å². The van der Waals surface area contributed by atoms with Gasteiger partial charge >= 0.3 is 5.69 Å². The predicted molar refractivity (Wildman–Crippen MR) is 76.8 cm³/mol. The molecular formula is C13H19N5O2. The lowest BCUT2D eigenvalue weighted by molar-refractivity contribution is 0.655. The van der Waals surface area contributed by atoms with Crippen molar-refractivity contribution in [3.63, 3.8) is 0 Å². The van der Waals surface area contributed by atoms with Gasteiger partial charge in [-0.1, -0.05) is 6.92 Å². The number of nitrogens with zero attached hydrogens (tertiary/aromatic N) is 4. The number of anilines is 1. The second kappa shape index (κ2) is 5.36. The summed E-state index contributed by atoms with van der Waals surface area (Å²) in [5.74, 6) is 0. The highest BCUT2D eigenvalue weighted by molar-refractivity contribution is 5.46. The molecule has 1 N–H and O–H groups in total. The topological polar surface area (TPSA) is 73.8 Å². The Hall–Kier alpha value is -2.31. The zero-order chi connectivity index (χ0) is 14.9. The quantitative estimate of drug-likeness (QED) is 0.853. The Balaban J connectivity index is 2.28. The Morgan fingerprint density at radius 3 is 2.55 bits per heavy atom. The molecule has 2 heterocycles. The van der Waals surface area contributed by atoms with Crippen LogP contribution in [-0.2, 0) is 34.1 Å². The molecule has 0 spiro atoms. The molecule has 0 saturated heterocycles. The highest BCUT2D eigenvalue weighted by Gasteiger charge is 2.08. The summed E-state index contributed by atoms with van der Waals surface area (Å²) in [5, 5.41) is 7.56. The van der Waals surface area contributed by atoms with Crippen LogP contribution in [-0.4, -0.2) is 18.9 Å². The van der Waals surface area contributed by atoms with Crippen molar-refractivity contribution in [2.24, 2.45) is 21.1 Å². The number of nitrogens with one attached hydrogen (secondary N) is 1. The predicted octanol–water partition coefficient (Wildman–Crippen LogP) is -0.00800. The third-order valence-electron chi connectivity index (χ3n) is 3.33. The van der Waals surface area contributed by atoms with Crippen LogP contribution < -0.4 is 16.6 Å². The molecule has 2 rings (SSSR count). The molecule has 0 saturated carbocycles. The maximum atomic E-state index is 11.8. The summed E-state index contributed by atoms with van der Waals surface area (Å²) in [4.78, 5) is 23.5. The third kappa shape index (κ3) is 2.52. The highest BCUT2D eigenvalue weighted by Crippen LogP contribution is 2.14. The minimum atomic E-state index is -0.323. The van der Waals surface area contributed by atoms with Crippen LogP contribution in [0.2, 0.25) is 0 Å². The summed E-state index contributed by atoms with van der Waals surface area (Å²) in [6.45, 7) is 2.43. The Bertz CT molecular complexity index is 738. The summed E-state index contributed by atoms with van der Waals surface area (Å²) in [6, 6.07) is 1.47. The first kappa shape index (κ1) is 14.1. The lowest BCUT2D eigenvalue weighted by atomic mass is 10.3. The summed E-state index contributed by atoms with van der Waals surface area (Å²) >= 11 is 0. The van der Waals surface area contributed by atoms with Gasteiger partial charge in [0.15, 0.2) is 0 Å². The van der Waals surface area contributed by atoms with E-state index in [2.05, 4.69) is 10.4 Å². The van der Waals surface area contributed by atoms with Gasteiger partial charge in [0.05, 0.1) is 17.9 Å². The average molecular weight is 277 g/mol. The number of aryl methyl sites for hydroxylation is 2. The van der Waals surface area contributed by atoms with Crippen LogP contribution in [0.15, 0.2) is 21.9 Å². The Labute approximate surface area is 116 Å². The van der Waals surface area contributed by atoms with E-state index in [0.29, 0.717) is 12.2 Å². The molecule has 20 heavy (non-hydrogen) atoms. The van der Waals surface area contributed by atoms with Crippen molar-refractivity contribution < 1.29 is 0 Å². The van der Waals surface area contributed by atoms with Crippen LogP contribution in [0.4, 0.5) is 5.69 Å². The molecule has 0 bridgehead atoms. The van der Waals surface area contributed by atoms with Crippen molar-refractivity contribution >= 4 is 5.69 Å². The number of hydrogen-bond donors (Lipinski definition) is 1. The van der Waals surface area contributed by atoms with Gasteiger partial charge in [-0.2, -0.15) is 5.10 Å². The van der Waals surface area contributed by atoms with E-state index in [1.54, 1.807) is 11.7 Å². The Morgan fingerprint density at radius 2 is 1.90 bits per heavy atom. The fourth-order valence-electron chi connectivity index (χ4n) is 2.08. The normalized spacial score (nSPS) is 10.8. The molecule has 0 aromatic carbocycles. The second-order valence-corrected chi connectivity index (χ2v) is 4.74. The lowest BCUT2D eigenvalue weighted by Gasteiger charge is -2.10. The molecule has 2 aromatic heterocycles. The fourth-order valence-corrected chi connectivity index (χ4v) is 2.08. The standard InChI is InChI=1S/C13H19N5O2/c1-5-10-11(8-16(2)15-10)14-7-9-6-12(19)18(4)13(20)17(9)3/h6,8,14H,5,7H2,1-4H3. The molecule has 0 atom stereocenters. The average Bonchev–Trinajstić information content (AvgIpc) is 2.79. The maximum absolute atomic E-state index is 11.8. The minimum absolute atomic E-state index is 0.299. The summed E-state index contributed by atoms with van der Waals surface area (Å²) in [6.07, 6.45) is 2.71. The molecule has 0 aliphatic heterocycles. The van der Waals surface area contributed by atoms with Crippen LogP contribution in [0.3, 0.4) is 0 Å². The molecule has 0 unspecified atom stereocenters. The molecule has 0 radical (unpaired) electrons. The molecule has 7 heteroatoms. The molecule has 0 aliphatic carbocycles. The second-order valence-electron chi connectivity index (χ2n) is 4.74. The fraction of sp³-hybridized carbons (Fsp3) is 0.462. The molecule has 7 nitrogen and oxygen atoms in total. The first-order chi connectivity index (χ1) is 9.43. The molecule has 0 amide bonds. The van der Waals surface area contributed by atoms with Crippen LogP contribution in [0.5, 0.6) is 0 Å². The van der Waals surface area contributed by atoms with Gasteiger partial charge in [-0.15, -0.1) is 0 Å². The molecule has 2 aromatic rings. The van der Waals surface area contributed by atoms with Gasteiger partial charge in [0, 0.05) is 39.1 Å². The Morgan fingerprint density at radius 1 is 1.20 bits per heavy atom. The van der Waals surface area contributed by atoms with Gasteiger partial charge in [-0.05, 0) is 6.42 Å². The van der Waals surface area contributed by atoms with E-state index >= 15 is 0 Å². The third-order valence-corrected chi connectivity index (χ3v) is 3.33. The van der Waals surface area contributed by atoms with Crippen LogP contribution in [0, 0.1) is 0 Å². The number of aromatic nitrogens is 4. The number of rotatable bonds is 4. The first-order valence-electron chi connectivity index (χ1n) is 6.46. The Kier molecular flexibility index (Phi) is 3.78. The largest absolute Gasteiger partial charge is 0.377 e. The van der Waals surface area contributed by atoms with Crippen molar-refractivity contribution in [3.05, 3.63) is 44.5 Å². The lowest BCUT2D eigenvalue weighted by Crippen LogP contribution is -2.38. The van der Waals surface area contributed by atoms with E-state index in [1.807, 2.05) is 20.2 Å². The highest BCUT2D eigenvalue weighted by atomic mass is 16.2. The molecular weight excluding hydrogens is 258 g/mol. The van der Waals surface area contributed by atoms with Crippen molar-refractivity contribution in [1.82, 2.24) is 18.9 Å². The van der Waals surface area contributed by atoms with Gasteiger partial charge in [0.25, 0.3) is 5.56 Å². The van der Waals surface area contributed by atoms with Gasteiger partial charge in [-0.3, -0.25) is 18.6 Å². The van der Waals surface area contributed by atoms with E-state index in [4.69, 9.17) is 0 Å². The SMILES string of the molecule is CCc1nn(C)cc1NCc1cc(=O)n(C)c(=O)n1C. The van der Waals surface area contributed by atoms with Crippen molar-refractivity contribution in [2.75, 3.05) is 5.32 Å². The van der Waals surface area contributed by atoms with Crippen molar-refractivity contribution in [3.8, 4) is 0 Å². The zero-order valence-electron chi connectivity index (χ0n) is 12.2. The first-order valence-corrected chi connectivity index (χ1v) is 6.46. The summed E-state index contributed by atoms with van der Waals surface area (Å²) in [5.41, 5.74) is 1.90. The van der Waals surface area contributed by atoms with E-state index in [0.717, 1.165) is 22.4 Å². The number of hydrogen-bond acceptors (Lipinski definition) is 4. The molecule has 0 fully saturated rings. The van der Waals surface area contributed by atoms with Crippen LogP contribution in [0.25, 0.3) is 0 Å². The van der Waals surface area contributed by atoms with Crippen LogP contribution in [0.1, 0.15) is 18.3 Å². The minimum Gasteiger partial charge on any atom is -0.377 e. The van der Waals surface area contributed by atoms with Gasteiger partial charge in [-0.25, -0.2) is 4.79 Å². The van der Waals surface area contributed by atoms with Crippen molar-refractivity contribution in [1.29, 1.82) is 0 Å². The monoisotopic (exact) mass is 277 g/mol. The smallest absolute Gasteiger partial charge is 0.330 e. The van der Waals surface area contributed by atoms with Gasteiger partial charge in [0.1, 0.15) is 0 Å². The maximum Gasteiger partial charge on any atom is 0.330 e. The molecule has 0 aliphatic rings. The van der Waals surface area contributed by atoms with E-state index in [-0.39, 0.29) is 11.2 Å². The van der Waals surface area contributed by atoms with E-state index in [9.17, 15) is 9.59 Å².